The Kier molecular flexibility index (Phi) is 3.02. The molecule has 0 amide bonds. The van der Waals surface area contributed by atoms with E-state index in [9.17, 15) is 13.9 Å². The maximum Gasteiger partial charge on any atom is 0.161 e. The molecule has 0 radical (unpaired) electrons. The highest BCUT2D eigenvalue weighted by atomic mass is 19.2. The lowest BCUT2D eigenvalue weighted by Gasteiger charge is -2.31. The van der Waals surface area contributed by atoms with Crippen LogP contribution in [0.2, 0.25) is 0 Å². The maximum absolute atomic E-state index is 13.4. The van der Waals surface area contributed by atoms with Gasteiger partial charge in [-0.2, -0.15) is 0 Å². The van der Waals surface area contributed by atoms with E-state index in [0.29, 0.717) is 23.3 Å². The summed E-state index contributed by atoms with van der Waals surface area (Å²) in [6, 6.07) is 2.18. The highest BCUT2D eigenvalue weighted by Crippen LogP contribution is 2.27. The summed E-state index contributed by atoms with van der Waals surface area (Å²) < 4.78 is 26.6. The predicted octanol–water partition coefficient (Wildman–Crippen LogP) is 1.87. The Morgan fingerprint density at radius 1 is 1.21 bits per heavy atom. The summed E-state index contributed by atoms with van der Waals surface area (Å²) in [5, 5.41) is 10.2. The van der Waals surface area contributed by atoms with Crippen molar-refractivity contribution < 1.29 is 13.9 Å². The lowest BCUT2D eigenvalue weighted by atomic mass is 10.1. The Hall–Kier alpha value is -1.82. The Morgan fingerprint density at radius 2 is 2.00 bits per heavy atom. The van der Waals surface area contributed by atoms with Crippen LogP contribution in [-0.4, -0.2) is 34.3 Å². The highest BCUT2D eigenvalue weighted by molar-refractivity contribution is 5.89. The van der Waals surface area contributed by atoms with Crippen molar-refractivity contribution in [2.75, 3.05) is 18.0 Å². The van der Waals surface area contributed by atoms with Crippen molar-refractivity contribution in [3.63, 3.8) is 0 Å². The molecule has 0 bridgehead atoms. The van der Waals surface area contributed by atoms with Crippen LogP contribution in [0, 0.1) is 11.6 Å². The van der Waals surface area contributed by atoms with Crippen molar-refractivity contribution in [3.8, 4) is 0 Å². The van der Waals surface area contributed by atoms with E-state index in [1.807, 2.05) is 4.90 Å². The second-order valence-electron chi connectivity index (χ2n) is 4.72. The van der Waals surface area contributed by atoms with Gasteiger partial charge < -0.3 is 10.0 Å². The summed E-state index contributed by atoms with van der Waals surface area (Å²) in [6.45, 7) is 1.19. The molecule has 1 aliphatic heterocycles. The van der Waals surface area contributed by atoms with E-state index >= 15 is 0 Å². The van der Waals surface area contributed by atoms with Gasteiger partial charge in [0.25, 0.3) is 0 Å². The van der Waals surface area contributed by atoms with Crippen LogP contribution in [-0.2, 0) is 0 Å². The summed E-state index contributed by atoms with van der Waals surface area (Å²) >= 11 is 0. The van der Waals surface area contributed by atoms with Crippen LogP contribution in [0.1, 0.15) is 12.8 Å². The zero-order valence-corrected chi connectivity index (χ0v) is 10.2. The molecule has 1 aromatic carbocycles. The average molecular weight is 265 g/mol. The van der Waals surface area contributed by atoms with Crippen molar-refractivity contribution in [2.45, 2.75) is 18.9 Å². The quantitative estimate of drug-likeness (QED) is 0.855. The molecule has 2 heterocycles. The summed E-state index contributed by atoms with van der Waals surface area (Å²) in [7, 11) is 0. The summed E-state index contributed by atoms with van der Waals surface area (Å²) in [5.74, 6) is -1.29. The lowest BCUT2D eigenvalue weighted by molar-refractivity contribution is 0.154. The first-order chi connectivity index (χ1) is 9.15. The predicted molar refractivity (Wildman–Crippen MR) is 66.9 cm³/mol. The number of β-amino-alcohol motifs (C(OH)–C–C–N with tert-alkyl or cyclic N) is 1. The van der Waals surface area contributed by atoms with Gasteiger partial charge in [0.15, 0.2) is 11.6 Å². The molecule has 1 atom stereocenters. The number of benzene rings is 1. The largest absolute Gasteiger partial charge is 0.391 e. The number of halogens is 2. The molecule has 0 spiro atoms. The van der Waals surface area contributed by atoms with Gasteiger partial charge in [0.05, 0.1) is 11.6 Å². The number of aromatic nitrogens is 2. The Bertz CT molecular complexity index is 620. The number of piperidine rings is 1. The lowest BCUT2D eigenvalue weighted by Crippen LogP contribution is -2.38. The van der Waals surface area contributed by atoms with Gasteiger partial charge in [0.2, 0.25) is 0 Å². The minimum atomic E-state index is -0.921. The summed E-state index contributed by atoms with van der Waals surface area (Å²) in [4.78, 5) is 9.99. The van der Waals surface area contributed by atoms with E-state index in [1.54, 1.807) is 0 Å². The number of aliphatic hydroxyl groups excluding tert-OH is 1. The van der Waals surface area contributed by atoms with Crippen LogP contribution >= 0.6 is 0 Å². The maximum atomic E-state index is 13.4. The van der Waals surface area contributed by atoms with E-state index in [0.717, 1.165) is 31.5 Å². The first-order valence-corrected chi connectivity index (χ1v) is 6.18. The minimum absolute atomic E-state index is 0.365. The van der Waals surface area contributed by atoms with Crippen molar-refractivity contribution in [1.29, 1.82) is 0 Å². The second-order valence-corrected chi connectivity index (χ2v) is 4.72. The van der Waals surface area contributed by atoms with Gasteiger partial charge in [-0.3, -0.25) is 0 Å². The topological polar surface area (TPSA) is 49.2 Å². The Morgan fingerprint density at radius 3 is 2.79 bits per heavy atom. The molecule has 1 fully saturated rings. The van der Waals surface area contributed by atoms with Gasteiger partial charge in [-0.25, -0.2) is 18.7 Å². The number of hydrogen-bond donors (Lipinski definition) is 1. The van der Waals surface area contributed by atoms with E-state index in [1.165, 1.54) is 6.33 Å². The molecule has 4 nitrogen and oxygen atoms in total. The van der Waals surface area contributed by atoms with Crippen LogP contribution in [0.5, 0.6) is 0 Å². The molecule has 0 aliphatic carbocycles. The fraction of sp³-hybridized carbons (Fsp3) is 0.385. The SMILES string of the molecule is O[C@@H]1CCCN(c2ncnc3cc(F)c(F)cc23)C1. The van der Waals surface area contributed by atoms with Crippen molar-refractivity contribution >= 4 is 16.7 Å². The highest BCUT2D eigenvalue weighted by Gasteiger charge is 2.21. The van der Waals surface area contributed by atoms with Crippen LogP contribution in [0.3, 0.4) is 0 Å². The van der Waals surface area contributed by atoms with Gasteiger partial charge in [0, 0.05) is 24.5 Å². The van der Waals surface area contributed by atoms with Crippen molar-refractivity contribution in [1.82, 2.24) is 9.97 Å². The fourth-order valence-electron chi connectivity index (χ4n) is 2.44. The molecule has 100 valence electrons. The zero-order chi connectivity index (χ0) is 13.4. The molecule has 1 aromatic heterocycles. The van der Waals surface area contributed by atoms with Crippen molar-refractivity contribution in [2.24, 2.45) is 0 Å². The molecular weight excluding hydrogens is 252 g/mol. The van der Waals surface area contributed by atoms with E-state index in [-0.39, 0.29) is 0 Å². The zero-order valence-electron chi connectivity index (χ0n) is 10.2. The van der Waals surface area contributed by atoms with Crippen LogP contribution in [0.4, 0.5) is 14.6 Å². The molecule has 3 rings (SSSR count). The summed E-state index contributed by atoms with van der Waals surface area (Å²) in [5.41, 5.74) is 0.365. The van der Waals surface area contributed by atoms with Gasteiger partial charge in [-0.05, 0) is 18.9 Å². The summed E-state index contributed by atoms with van der Waals surface area (Å²) in [6.07, 6.45) is 2.51. The van der Waals surface area contributed by atoms with Crippen molar-refractivity contribution in [3.05, 3.63) is 30.1 Å². The number of aliphatic hydroxyl groups is 1. The molecule has 1 aliphatic rings. The van der Waals surface area contributed by atoms with Crippen LogP contribution in [0.15, 0.2) is 18.5 Å². The number of rotatable bonds is 1. The minimum Gasteiger partial charge on any atom is -0.391 e. The molecule has 19 heavy (non-hydrogen) atoms. The third-order valence-corrected chi connectivity index (χ3v) is 3.35. The van der Waals surface area contributed by atoms with E-state index < -0.39 is 17.7 Å². The number of anilines is 1. The number of nitrogens with zero attached hydrogens (tertiary/aromatic N) is 3. The van der Waals surface area contributed by atoms with Gasteiger partial charge in [0.1, 0.15) is 12.1 Å². The molecular formula is C13H13F2N3O. The Balaban J connectivity index is 2.10. The monoisotopic (exact) mass is 265 g/mol. The standard InChI is InChI=1S/C13H13F2N3O/c14-10-4-9-12(5-11(10)15)16-7-17-13(9)18-3-1-2-8(19)6-18/h4-5,7-8,19H,1-3,6H2/t8-/m1/s1. The molecule has 1 saturated heterocycles. The number of hydrogen-bond acceptors (Lipinski definition) is 4. The third kappa shape index (κ3) is 2.23. The third-order valence-electron chi connectivity index (χ3n) is 3.35. The molecule has 0 saturated carbocycles. The van der Waals surface area contributed by atoms with E-state index in [2.05, 4.69) is 9.97 Å². The van der Waals surface area contributed by atoms with Crippen LogP contribution in [0.25, 0.3) is 10.9 Å². The first-order valence-electron chi connectivity index (χ1n) is 6.18. The molecule has 0 unspecified atom stereocenters. The molecule has 2 aromatic rings. The second kappa shape index (κ2) is 4.70. The number of fused-ring (bicyclic) bond motifs is 1. The van der Waals surface area contributed by atoms with Crippen LogP contribution < -0.4 is 4.90 Å². The molecule has 6 heteroatoms. The van der Waals surface area contributed by atoms with Gasteiger partial charge >= 0.3 is 0 Å². The average Bonchev–Trinajstić information content (AvgIpc) is 2.39. The fourth-order valence-corrected chi connectivity index (χ4v) is 2.44. The van der Waals surface area contributed by atoms with E-state index in [4.69, 9.17) is 0 Å². The first kappa shape index (κ1) is 12.2. The van der Waals surface area contributed by atoms with Gasteiger partial charge in [-0.15, -0.1) is 0 Å². The smallest absolute Gasteiger partial charge is 0.161 e. The Labute approximate surface area is 108 Å². The van der Waals surface area contributed by atoms with Gasteiger partial charge in [-0.1, -0.05) is 0 Å². The normalized spacial score (nSPS) is 19.9. The molecule has 1 N–H and O–H groups in total.